The summed E-state index contributed by atoms with van der Waals surface area (Å²) in [6, 6.07) is -1.37. The fraction of sp³-hybridized carbons (Fsp3) is 0.667. The van der Waals surface area contributed by atoms with E-state index in [0.29, 0.717) is 11.5 Å². The summed E-state index contributed by atoms with van der Waals surface area (Å²) < 4.78 is 9.36. The number of carbonyl (C=O) groups is 2. The van der Waals surface area contributed by atoms with E-state index in [9.17, 15) is 9.59 Å². The van der Waals surface area contributed by atoms with Crippen molar-refractivity contribution in [2.24, 2.45) is 11.5 Å². The van der Waals surface area contributed by atoms with E-state index in [2.05, 4.69) is 7.64 Å². The van der Waals surface area contributed by atoms with Crippen molar-refractivity contribution in [1.29, 1.82) is 0 Å². The minimum atomic E-state index is -0.969. The maximum absolute atomic E-state index is 11.2. The Morgan fingerprint density at radius 1 is 1.07 bits per heavy atom. The first-order valence-corrected chi connectivity index (χ1v) is 7.84. The van der Waals surface area contributed by atoms with E-state index in [1.165, 1.54) is 21.6 Å². The number of nitrogens with two attached hydrogens (primary N) is 2. The average Bonchev–Trinajstić information content (AvgIpc) is 2.23. The van der Waals surface area contributed by atoms with E-state index in [1.807, 2.05) is 0 Å². The van der Waals surface area contributed by atoms with Gasteiger partial charge in [0.25, 0.3) is 0 Å². The van der Waals surface area contributed by atoms with Crippen LogP contribution in [0.25, 0.3) is 0 Å². The van der Waals surface area contributed by atoms with Crippen molar-refractivity contribution in [1.82, 2.24) is 0 Å². The molecule has 0 bridgehead atoms. The Labute approximate surface area is 101 Å². The molecule has 15 heavy (non-hydrogen) atoms. The van der Waals surface area contributed by atoms with Crippen LogP contribution in [0.5, 0.6) is 0 Å². The third kappa shape index (κ3) is 4.62. The van der Waals surface area contributed by atoms with Gasteiger partial charge in [0.05, 0.1) is 0 Å². The molecule has 4 N–H and O–H groups in total. The molecule has 1 aliphatic heterocycles. The average molecular weight is 317 g/mol. The third-order valence-corrected chi connectivity index (χ3v) is 4.86. The zero-order valence-corrected chi connectivity index (χ0v) is 10.9. The van der Waals surface area contributed by atoms with Crippen LogP contribution < -0.4 is 11.5 Å². The Kier molecular flexibility index (Phi) is 5.80. The molecule has 0 aromatic rings. The molecule has 1 rings (SSSR count). The molecule has 1 fully saturated rings. The Morgan fingerprint density at radius 3 is 1.87 bits per heavy atom. The van der Waals surface area contributed by atoms with Crippen LogP contribution in [0, 0.1) is 0 Å². The van der Waals surface area contributed by atoms with Crippen LogP contribution in [0.4, 0.5) is 0 Å². The summed E-state index contributed by atoms with van der Waals surface area (Å²) >= 11 is -0.969. The monoisotopic (exact) mass is 318 g/mol. The van der Waals surface area contributed by atoms with E-state index in [0.717, 1.165) is 0 Å². The zero-order chi connectivity index (χ0) is 11.3. The van der Waals surface area contributed by atoms with Crippen molar-refractivity contribution in [3.05, 3.63) is 0 Å². The second kappa shape index (κ2) is 6.62. The van der Waals surface area contributed by atoms with Gasteiger partial charge in [-0.1, -0.05) is 0 Å². The molecule has 0 aromatic carbocycles. The fourth-order valence-electron chi connectivity index (χ4n) is 0.587. The van der Waals surface area contributed by atoms with Gasteiger partial charge in [0.1, 0.15) is 0 Å². The van der Waals surface area contributed by atoms with E-state index in [1.54, 1.807) is 0 Å². The molecule has 0 unspecified atom stereocenters. The number of rotatable bonds is 0. The first-order valence-electron chi connectivity index (χ1n) is 3.95. The van der Waals surface area contributed by atoms with E-state index in [-0.39, 0.29) is 0 Å². The van der Waals surface area contributed by atoms with Gasteiger partial charge in [-0.25, -0.2) is 0 Å². The minimum absolute atomic E-state index is 0.431. The molecule has 1 heterocycles. The molecule has 2 atom stereocenters. The Hall–Kier alpha value is 0.0795. The number of hydrogen-bond donors (Lipinski definition) is 2. The van der Waals surface area contributed by atoms with E-state index >= 15 is 0 Å². The standard InChI is InChI=1S/C6H10N2O4S2Se/c7-3-1-13-14-2-4(8)6(10)12-15-11-5(3)9/h3-4H,1-2,7-8H2/t3-,4-/m1/s1. The van der Waals surface area contributed by atoms with Crippen LogP contribution in [0.1, 0.15) is 0 Å². The van der Waals surface area contributed by atoms with Crippen LogP contribution in [-0.2, 0) is 17.2 Å². The molecular weight excluding hydrogens is 307 g/mol. The Morgan fingerprint density at radius 2 is 1.47 bits per heavy atom. The molecule has 0 radical (unpaired) electrons. The quantitative estimate of drug-likeness (QED) is 0.418. The zero-order valence-electron chi connectivity index (χ0n) is 7.58. The van der Waals surface area contributed by atoms with Crippen molar-refractivity contribution < 1.29 is 17.2 Å². The molecule has 1 saturated heterocycles. The predicted octanol–water partition coefficient (Wildman–Crippen LogP) is -1.34. The molecule has 0 aromatic heterocycles. The summed E-state index contributed by atoms with van der Waals surface area (Å²) in [4.78, 5) is 22.3. The van der Waals surface area contributed by atoms with Crippen molar-refractivity contribution in [2.45, 2.75) is 12.1 Å². The van der Waals surface area contributed by atoms with Crippen molar-refractivity contribution in [3.8, 4) is 0 Å². The summed E-state index contributed by atoms with van der Waals surface area (Å²) in [5.74, 6) is -0.237. The van der Waals surface area contributed by atoms with Gasteiger partial charge in [-0.3, -0.25) is 0 Å². The molecule has 86 valence electrons. The summed E-state index contributed by atoms with van der Waals surface area (Å²) in [5.41, 5.74) is 11.0. The first-order chi connectivity index (χ1) is 7.11. The molecule has 0 spiro atoms. The maximum atomic E-state index is 11.2. The SMILES string of the molecule is N[C@@H]1CSSC[C@@H](N)C(=O)O[Se]OC1=O. The normalized spacial score (nSPS) is 30.0. The van der Waals surface area contributed by atoms with Gasteiger partial charge >= 0.3 is 101 Å². The van der Waals surface area contributed by atoms with Crippen LogP contribution in [0.15, 0.2) is 0 Å². The van der Waals surface area contributed by atoms with Crippen LogP contribution in [-0.4, -0.2) is 51.1 Å². The van der Waals surface area contributed by atoms with E-state index < -0.39 is 39.6 Å². The van der Waals surface area contributed by atoms with Gasteiger partial charge in [0.2, 0.25) is 0 Å². The fourth-order valence-corrected chi connectivity index (χ4v) is 3.67. The second-order valence-corrected chi connectivity index (χ2v) is 6.19. The topological polar surface area (TPSA) is 105 Å². The summed E-state index contributed by atoms with van der Waals surface area (Å²) in [6.07, 6.45) is 0. The molecule has 6 nitrogen and oxygen atoms in total. The molecule has 1 aliphatic rings. The molecule has 0 saturated carbocycles. The predicted molar refractivity (Wildman–Crippen MR) is 58.8 cm³/mol. The molecule has 0 aliphatic carbocycles. The third-order valence-electron chi connectivity index (χ3n) is 1.42. The summed E-state index contributed by atoms with van der Waals surface area (Å²) in [5, 5.41) is 0. The second-order valence-electron chi connectivity index (χ2n) is 2.65. The van der Waals surface area contributed by atoms with Crippen molar-refractivity contribution >= 4 is 49.1 Å². The molecule has 0 amide bonds. The Bertz CT molecular complexity index is 231. The van der Waals surface area contributed by atoms with Crippen LogP contribution in [0.2, 0.25) is 0 Å². The van der Waals surface area contributed by atoms with Crippen LogP contribution in [0.3, 0.4) is 0 Å². The number of carbonyl (C=O) groups excluding carboxylic acids is 2. The van der Waals surface area contributed by atoms with Gasteiger partial charge < -0.3 is 0 Å². The Balaban J connectivity index is 2.50. The summed E-state index contributed by atoms with van der Waals surface area (Å²) in [6.45, 7) is 0. The first kappa shape index (κ1) is 13.1. The van der Waals surface area contributed by atoms with Crippen molar-refractivity contribution in [3.63, 3.8) is 0 Å². The van der Waals surface area contributed by atoms with Gasteiger partial charge in [-0.05, 0) is 0 Å². The van der Waals surface area contributed by atoms with Gasteiger partial charge in [0.15, 0.2) is 0 Å². The number of hydrogen-bond acceptors (Lipinski definition) is 8. The van der Waals surface area contributed by atoms with E-state index in [4.69, 9.17) is 11.5 Å². The van der Waals surface area contributed by atoms with Crippen LogP contribution >= 0.6 is 21.6 Å². The van der Waals surface area contributed by atoms with Gasteiger partial charge in [-0.15, -0.1) is 0 Å². The molecular formula is C6H10N2O4S2Se. The summed E-state index contributed by atoms with van der Waals surface area (Å²) in [7, 11) is 2.78. The van der Waals surface area contributed by atoms with Crippen molar-refractivity contribution in [2.75, 3.05) is 11.5 Å². The van der Waals surface area contributed by atoms with Gasteiger partial charge in [0, 0.05) is 0 Å². The van der Waals surface area contributed by atoms with Gasteiger partial charge in [-0.2, -0.15) is 0 Å². The molecule has 9 heteroatoms.